The van der Waals surface area contributed by atoms with Crippen molar-refractivity contribution in [1.82, 2.24) is 10.2 Å². The first kappa shape index (κ1) is 15.3. The van der Waals surface area contributed by atoms with Crippen molar-refractivity contribution in [1.29, 1.82) is 0 Å². The number of nitrogens with two attached hydrogens (primary N) is 1. The topological polar surface area (TPSA) is 58.4 Å². The quantitative estimate of drug-likeness (QED) is 0.829. The van der Waals surface area contributed by atoms with E-state index in [0.717, 1.165) is 17.3 Å². The molecule has 1 saturated carbocycles. The monoisotopic (exact) mass is 339 g/mol. The van der Waals surface area contributed by atoms with Crippen LogP contribution >= 0.6 is 15.9 Å². The van der Waals surface area contributed by atoms with Crippen LogP contribution in [0.15, 0.2) is 22.7 Å². The molecule has 1 aliphatic rings. The lowest BCUT2D eigenvalue weighted by atomic mass is 9.96. The van der Waals surface area contributed by atoms with Gasteiger partial charge in [0, 0.05) is 22.2 Å². The van der Waals surface area contributed by atoms with Crippen molar-refractivity contribution in [2.24, 2.45) is 0 Å². The number of nitrogens with one attached hydrogen (secondary N) is 1. The van der Waals surface area contributed by atoms with Crippen molar-refractivity contribution >= 4 is 27.5 Å². The Morgan fingerprint density at radius 1 is 1.40 bits per heavy atom. The molecule has 0 aliphatic heterocycles. The SMILES string of the molecule is CN(C)C1(CNC(=O)c2cc(N)ccc2Br)CCCC1. The van der Waals surface area contributed by atoms with Gasteiger partial charge in [-0.3, -0.25) is 4.79 Å². The molecule has 0 heterocycles. The minimum Gasteiger partial charge on any atom is -0.399 e. The number of anilines is 1. The third-order valence-corrected chi connectivity index (χ3v) is 4.99. The fraction of sp³-hybridized carbons (Fsp3) is 0.533. The van der Waals surface area contributed by atoms with Crippen molar-refractivity contribution in [2.75, 3.05) is 26.4 Å². The van der Waals surface area contributed by atoms with Crippen LogP contribution in [0.5, 0.6) is 0 Å². The number of rotatable bonds is 4. The van der Waals surface area contributed by atoms with Crippen LogP contribution in [-0.4, -0.2) is 37.0 Å². The highest BCUT2D eigenvalue weighted by Crippen LogP contribution is 2.33. The summed E-state index contributed by atoms with van der Waals surface area (Å²) in [5.41, 5.74) is 7.04. The highest BCUT2D eigenvalue weighted by atomic mass is 79.9. The van der Waals surface area contributed by atoms with E-state index in [0.29, 0.717) is 17.8 Å². The summed E-state index contributed by atoms with van der Waals surface area (Å²) in [5.74, 6) is -0.0719. The van der Waals surface area contributed by atoms with Crippen molar-refractivity contribution < 1.29 is 4.79 Å². The van der Waals surface area contributed by atoms with Crippen LogP contribution in [0.2, 0.25) is 0 Å². The van der Waals surface area contributed by atoms with Gasteiger partial charge in [-0.05, 0) is 61.1 Å². The molecule has 1 aromatic rings. The van der Waals surface area contributed by atoms with Gasteiger partial charge in [0.05, 0.1) is 5.56 Å². The molecule has 0 bridgehead atoms. The number of nitrogen functional groups attached to an aromatic ring is 1. The second-order valence-corrected chi connectivity index (χ2v) is 6.60. The van der Waals surface area contributed by atoms with E-state index in [9.17, 15) is 4.79 Å². The molecule has 0 saturated heterocycles. The first-order valence-corrected chi connectivity index (χ1v) is 7.75. The largest absolute Gasteiger partial charge is 0.399 e. The zero-order valence-electron chi connectivity index (χ0n) is 12.1. The van der Waals surface area contributed by atoms with E-state index in [1.807, 2.05) is 6.07 Å². The minimum absolute atomic E-state index is 0.0719. The first-order chi connectivity index (χ1) is 9.44. The average molecular weight is 340 g/mol. The predicted molar refractivity (Wildman–Crippen MR) is 85.8 cm³/mol. The molecule has 0 unspecified atom stereocenters. The zero-order chi connectivity index (χ0) is 14.8. The summed E-state index contributed by atoms with van der Waals surface area (Å²) >= 11 is 3.40. The Balaban J connectivity index is 2.06. The first-order valence-electron chi connectivity index (χ1n) is 6.95. The van der Waals surface area contributed by atoms with Crippen molar-refractivity contribution in [2.45, 2.75) is 31.2 Å². The molecule has 0 radical (unpaired) electrons. The zero-order valence-corrected chi connectivity index (χ0v) is 13.7. The van der Waals surface area contributed by atoms with E-state index in [4.69, 9.17) is 5.73 Å². The molecule has 3 N–H and O–H groups in total. The molecule has 4 nitrogen and oxygen atoms in total. The molecular weight excluding hydrogens is 318 g/mol. The Bertz CT molecular complexity index is 496. The number of hydrogen-bond donors (Lipinski definition) is 2. The van der Waals surface area contributed by atoms with Crippen LogP contribution in [0.3, 0.4) is 0 Å². The fourth-order valence-corrected chi connectivity index (χ4v) is 3.30. The Morgan fingerprint density at radius 3 is 2.65 bits per heavy atom. The van der Waals surface area contributed by atoms with Crippen molar-refractivity contribution in [3.63, 3.8) is 0 Å². The molecule has 1 aliphatic carbocycles. The van der Waals surface area contributed by atoms with Crippen molar-refractivity contribution in [3.05, 3.63) is 28.2 Å². The van der Waals surface area contributed by atoms with E-state index < -0.39 is 0 Å². The molecule has 0 spiro atoms. The predicted octanol–water partition coefficient (Wildman–Crippen LogP) is 2.64. The van der Waals surface area contributed by atoms with E-state index >= 15 is 0 Å². The van der Waals surface area contributed by atoms with Crippen LogP contribution in [-0.2, 0) is 0 Å². The molecule has 110 valence electrons. The second-order valence-electron chi connectivity index (χ2n) is 5.75. The lowest BCUT2D eigenvalue weighted by Crippen LogP contribution is -2.50. The molecule has 0 atom stereocenters. The van der Waals surface area contributed by atoms with Gasteiger partial charge in [-0.15, -0.1) is 0 Å². The number of hydrogen-bond acceptors (Lipinski definition) is 3. The van der Waals surface area contributed by atoms with Crippen LogP contribution in [0, 0.1) is 0 Å². The fourth-order valence-electron chi connectivity index (χ4n) is 2.87. The van der Waals surface area contributed by atoms with Crippen LogP contribution in [0.1, 0.15) is 36.0 Å². The van der Waals surface area contributed by atoms with Crippen LogP contribution < -0.4 is 11.1 Å². The summed E-state index contributed by atoms with van der Waals surface area (Å²) in [6, 6.07) is 5.29. The van der Waals surface area contributed by atoms with E-state index in [2.05, 4.69) is 40.2 Å². The van der Waals surface area contributed by atoms with E-state index in [1.165, 1.54) is 12.8 Å². The summed E-state index contributed by atoms with van der Waals surface area (Å²) in [6.45, 7) is 0.681. The maximum atomic E-state index is 12.3. The van der Waals surface area contributed by atoms with Gasteiger partial charge in [0.1, 0.15) is 0 Å². The molecule has 2 rings (SSSR count). The van der Waals surface area contributed by atoms with Gasteiger partial charge < -0.3 is 16.0 Å². The summed E-state index contributed by atoms with van der Waals surface area (Å²) in [5, 5.41) is 3.06. The molecule has 1 fully saturated rings. The average Bonchev–Trinajstić information content (AvgIpc) is 2.89. The Labute approximate surface area is 128 Å². The van der Waals surface area contributed by atoms with Crippen LogP contribution in [0.25, 0.3) is 0 Å². The third-order valence-electron chi connectivity index (χ3n) is 4.30. The molecule has 1 amide bonds. The van der Waals surface area contributed by atoms with Gasteiger partial charge in [-0.25, -0.2) is 0 Å². The van der Waals surface area contributed by atoms with Crippen LogP contribution in [0.4, 0.5) is 5.69 Å². The number of likely N-dealkylation sites (N-methyl/N-ethyl adjacent to an activating group) is 1. The molecular formula is C15H22BrN3O. The Morgan fingerprint density at radius 2 is 2.05 bits per heavy atom. The normalized spacial score (nSPS) is 17.4. The van der Waals surface area contributed by atoms with Gasteiger partial charge in [0.15, 0.2) is 0 Å². The molecule has 0 aromatic heterocycles. The summed E-state index contributed by atoms with van der Waals surface area (Å²) in [7, 11) is 4.18. The van der Waals surface area contributed by atoms with E-state index in [-0.39, 0.29) is 11.4 Å². The number of halogens is 1. The van der Waals surface area contributed by atoms with Crippen molar-refractivity contribution in [3.8, 4) is 0 Å². The molecule has 20 heavy (non-hydrogen) atoms. The molecule has 1 aromatic carbocycles. The number of amides is 1. The third kappa shape index (κ3) is 3.15. The van der Waals surface area contributed by atoms with Gasteiger partial charge in [-0.1, -0.05) is 12.8 Å². The standard InChI is InChI=1S/C15H22BrN3O/c1-19(2)15(7-3-4-8-15)10-18-14(20)12-9-11(17)5-6-13(12)16/h5-6,9H,3-4,7-8,10,17H2,1-2H3,(H,18,20). The number of nitrogens with zero attached hydrogens (tertiary/aromatic N) is 1. The maximum Gasteiger partial charge on any atom is 0.252 e. The number of carbonyl (C=O) groups is 1. The van der Waals surface area contributed by atoms with E-state index in [1.54, 1.807) is 12.1 Å². The Kier molecular flexibility index (Phi) is 4.70. The highest BCUT2D eigenvalue weighted by Gasteiger charge is 2.36. The summed E-state index contributed by atoms with van der Waals surface area (Å²) in [6.07, 6.45) is 4.74. The smallest absolute Gasteiger partial charge is 0.252 e. The minimum atomic E-state index is -0.0719. The summed E-state index contributed by atoms with van der Waals surface area (Å²) < 4.78 is 0.773. The Hall–Kier alpha value is -1.07. The second kappa shape index (κ2) is 6.14. The van der Waals surface area contributed by atoms with Gasteiger partial charge >= 0.3 is 0 Å². The lowest BCUT2D eigenvalue weighted by Gasteiger charge is -2.36. The summed E-state index contributed by atoms with van der Waals surface area (Å²) in [4.78, 5) is 14.6. The van der Waals surface area contributed by atoms with Gasteiger partial charge in [0.2, 0.25) is 0 Å². The van der Waals surface area contributed by atoms with Gasteiger partial charge in [0.25, 0.3) is 5.91 Å². The highest BCUT2D eigenvalue weighted by molar-refractivity contribution is 9.10. The number of carbonyl (C=O) groups excluding carboxylic acids is 1. The van der Waals surface area contributed by atoms with Gasteiger partial charge in [-0.2, -0.15) is 0 Å². The number of benzene rings is 1. The maximum absolute atomic E-state index is 12.3. The molecule has 5 heteroatoms. The lowest BCUT2D eigenvalue weighted by molar-refractivity contribution is 0.0899.